The largest absolute Gasteiger partial charge is 0.478 e. The van der Waals surface area contributed by atoms with E-state index in [9.17, 15) is 23.1 Å². The highest BCUT2D eigenvalue weighted by Gasteiger charge is 2.19. The second-order valence-corrected chi connectivity index (χ2v) is 4.46. The van der Waals surface area contributed by atoms with Crippen molar-refractivity contribution in [1.29, 1.82) is 0 Å². The Morgan fingerprint density at radius 3 is 2.48 bits per heavy atom. The predicted octanol–water partition coefficient (Wildman–Crippen LogP) is 3.56. The lowest BCUT2D eigenvalue weighted by atomic mass is 10.1. The minimum Gasteiger partial charge on any atom is -0.478 e. The normalized spacial score (nSPS) is 10.5. The molecule has 1 heterocycles. The van der Waals surface area contributed by atoms with Crippen molar-refractivity contribution in [2.75, 3.05) is 5.32 Å². The standard InChI is InChI=1S/C14H11F3N2O2/c1-6-5-7(2)18-13(10(6)14(20)21)19-9-4-3-8(15)11(16)12(9)17/h3-5H,1-2H3,(H,18,19)(H,20,21). The van der Waals surface area contributed by atoms with Gasteiger partial charge in [-0.05, 0) is 37.6 Å². The van der Waals surface area contributed by atoms with E-state index in [0.717, 1.165) is 12.1 Å². The molecule has 0 saturated heterocycles. The Hall–Kier alpha value is -2.57. The topological polar surface area (TPSA) is 62.2 Å². The number of benzene rings is 1. The van der Waals surface area contributed by atoms with E-state index >= 15 is 0 Å². The van der Waals surface area contributed by atoms with Crippen LogP contribution in [0.2, 0.25) is 0 Å². The van der Waals surface area contributed by atoms with Crippen LogP contribution in [0.4, 0.5) is 24.7 Å². The number of nitrogens with zero attached hydrogens (tertiary/aromatic N) is 1. The molecular weight excluding hydrogens is 285 g/mol. The average Bonchev–Trinajstić information content (AvgIpc) is 2.38. The first kappa shape index (κ1) is 14.8. The van der Waals surface area contributed by atoms with Gasteiger partial charge in [0, 0.05) is 5.69 Å². The smallest absolute Gasteiger partial charge is 0.339 e. The summed E-state index contributed by atoms with van der Waals surface area (Å²) in [7, 11) is 0. The van der Waals surface area contributed by atoms with Crippen molar-refractivity contribution >= 4 is 17.5 Å². The molecule has 0 aliphatic heterocycles. The summed E-state index contributed by atoms with van der Waals surface area (Å²) >= 11 is 0. The van der Waals surface area contributed by atoms with Crippen LogP contribution in [-0.2, 0) is 0 Å². The number of nitrogens with one attached hydrogen (secondary N) is 1. The third-order valence-corrected chi connectivity index (χ3v) is 2.85. The van der Waals surface area contributed by atoms with E-state index < -0.39 is 29.1 Å². The van der Waals surface area contributed by atoms with Crippen LogP contribution < -0.4 is 5.32 Å². The van der Waals surface area contributed by atoms with Gasteiger partial charge in [-0.1, -0.05) is 0 Å². The number of aromatic carboxylic acids is 1. The van der Waals surface area contributed by atoms with Crippen LogP contribution in [0.15, 0.2) is 18.2 Å². The number of rotatable bonds is 3. The quantitative estimate of drug-likeness (QED) is 0.850. The van der Waals surface area contributed by atoms with Crippen molar-refractivity contribution in [1.82, 2.24) is 4.98 Å². The van der Waals surface area contributed by atoms with Gasteiger partial charge in [0.05, 0.1) is 5.69 Å². The van der Waals surface area contributed by atoms with Gasteiger partial charge in [0.15, 0.2) is 17.5 Å². The first-order valence-corrected chi connectivity index (χ1v) is 5.93. The molecule has 2 aromatic rings. The summed E-state index contributed by atoms with van der Waals surface area (Å²) in [5, 5.41) is 11.6. The predicted molar refractivity (Wildman–Crippen MR) is 70.3 cm³/mol. The Morgan fingerprint density at radius 1 is 1.19 bits per heavy atom. The fraction of sp³-hybridized carbons (Fsp3) is 0.143. The van der Waals surface area contributed by atoms with E-state index in [1.54, 1.807) is 19.9 Å². The van der Waals surface area contributed by atoms with Crippen LogP contribution in [0.5, 0.6) is 0 Å². The second kappa shape index (κ2) is 5.43. The van der Waals surface area contributed by atoms with E-state index in [2.05, 4.69) is 10.3 Å². The molecule has 21 heavy (non-hydrogen) atoms. The molecule has 2 N–H and O–H groups in total. The Balaban J connectivity index is 2.54. The van der Waals surface area contributed by atoms with Gasteiger partial charge in [0.2, 0.25) is 0 Å². The Labute approximate surface area is 118 Å². The fourth-order valence-corrected chi connectivity index (χ4v) is 1.95. The number of aromatic nitrogens is 1. The molecule has 1 aromatic carbocycles. The van der Waals surface area contributed by atoms with Crippen LogP contribution in [0, 0.1) is 31.3 Å². The second-order valence-electron chi connectivity index (χ2n) is 4.46. The number of halogens is 3. The average molecular weight is 296 g/mol. The molecular formula is C14H11F3N2O2. The molecule has 0 saturated carbocycles. The molecule has 1 aromatic heterocycles. The number of aryl methyl sites for hydroxylation is 2. The monoisotopic (exact) mass is 296 g/mol. The van der Waals surface area contributed by atoms with Crippen molar-refractivity contribution < 1.29 is 23.1 Å². The maximum absolute atomic E-state index is 13.6. The van der Waals surface area contributed by atoms with Crippen LogP contribution >= 0.6 is 0 Å². The highest BCUT2D eigenvalue weighted by molar-refractivity contribution is 5.95. The summed E-state index contributed by atoms with van der Waals surface area (Å²) < 4.78 is 39.7. The first-order chi connectivity index (χ1) is 9.81. The van der Waals surface area contributed by atoms with Gasteiger partial charge >= 0.3 is 5.97 Å². The summed E-state index contributed by atoms with van der Waals surface area (Å²) in [5.74, 6) is -5.80. The summed E-state index contributed by atoms with van der Waals surface area (Å²) in [5.41, 5.74) is 0.363. The van der Waals surface area contributed by atoms with Gasteiger partial charge in [0.1, 0.15) is 11.4 Å². The molecule has 0 amide bonds. The van der Waals surface area contributed by atoms with Crippen molar-refractivity contribution in [3.63, 3.8) is 0 Å². The lowest BCUT2D eigenvalue weighted by Gasteiger charge is -2.13. The van der Waals surface area contributed by atoms with Crippen molar-refractivity contribution in [3.8, 4) is 0 Å². The minimum atomic E-state index is -1.64. The number of anilines is 2. The zero-order valence-electron chi connectivity index (χ0n) is 11.2. The van der Waals surface area contributed by atoms with Crippen molar-refractivity contribution in [2.45, 2.75) is 13.8 Å². The third kappa shape index (κ3) is 2.81. The summed E-state index contributed by atoms with van der Waals surface area (Å²) in [6, 6.07) is 3.26. The summed E-state index contributed by atoms with van der Waals surface area (Å²) in [6.07, 6.45) is 0. The maximum atomic E-state index is 13.6. The van der Waals surface area contributed by atoms with Crippen LogP contribution in [0.3, 0.4) is 0 Å². The van der Waals surface area contributed by atoms with Gasteiger partial charge in [-0.2, -0.15) is 0 Å². The number of pyridine rings is 1. The zero-order chi connectivity index (χ0) is 15.7. The molecule has 0 bridgehead atoms. The van der Waals surface area contributed by atoms with Gasteiger partial charge in [-0.15, -0.1) is 0 Å². The van der Waals surface area contributed by atoms with Crippen molar-refractivity contribution in [3.05, 3.63) is 52.5 Å². The third-order valence-electron chi connectivity index (χ3n) is 2.85. The lowest BCUT2D eigenvalue weighted by molar-refractivity contribution is 0.0697. The molecule has 2 rings (SSSR count). The molecule has 0 unspecified atom stereocenters. The van der Waals surface area contributed by atoms with E-state index in [0.29, 0.717) is 11.3 Å². The van der Waals surface area contributed by atoms with Crippen LogP contribution in [0.25, 0.3) is 0 Å². The van der Waals surface area contributed by atoms with Gasteiger partial charge < -0.3 is 10.4 Å². The van der Waals surface area contributed by atoms with E-state index in [1.165, 1.54) is 0 Å². The van der Waals surface area contributed by atoms with E-state index in [1.807, 2.05) is 0 Å². The zero-order valence-corrected chi connectivity index (χ0v) is 11.2. The summed E-state index contributed by atoms with van der Waals surface area (Å²) in [4.78, 5) is 15.2. The number of carboxylic acids is 1. The maximum Gasteiger partial charge on any atom is 0.339 e. The highest BCUT2D eigenvalue weighted by Crippen LogP contribution is 2.26. The van der Waals surface area contributed by atoms with Gasteiger partial charge in [0.25, 0.3) is 0 Å². The van der Waals surface area contributed by atoms with E-state index in [-0.39, 0.29) is 11.4 Å². The number of hydrogen-bond donors (Lipinski definition) is 2. The molecule has 7 heteroatoms. The summed E-state index contributed by atoms with van der Waals surface area (Å²) in [6.45, 7) is 3.19. The van der Waals surface area contributed by atoms with Gasteiger partial charge in [-0.25, -0.2) is 22.9 Å². The van der Waals surface area contributed by atoms with E-state index in [4.69, 9.17) is 0 Å². The molecule has 0 radical (unpaired) electrons. The van der Waals surface area contributed by atoms with Crippen molar-refractivity contribution in [2.24, 2.45) is 0 Å². The Bertz CT molecular complexity index is 733. The molecule has 0 fully saturated rings. The van der Waals surface area contributed by atoms with Gasteiger partial charge in [-0.3, -0.25) is 0 Å². The number of carboxylic acid groups (broad SMARTS) is 1. The highest BCUT2D eigenvalue weighted by atomic mass is 19.2. The SMILES string of the molecule is Cc1cc(C)c(C(=O)O)c(Nc2ccc(F)c(F)c2F)n1. The fourth-order valence-electron chi connectivity index (χ4n) is 1.95. The number of hydrogen-bond acceptors (Lipinski definition) is 3. The number of carbonyl (C=O) groups is 1. The lowest BCUT2D eigenvalue weighted by Crippen LogP contribution is -2.09. The molecule has 4 nitrogen and oxygen atoms in total. The van der Waals surface area contributed by atoms with Crippen LogP contribution in [0.1, 0.15) is 21.6 Å². The minimum absolute atomic E-state index is 0.134. The molecule has 0 spiro atoms. The van der Waals surface area contributed by atoms with Crippen LogP contribution in [-0.4, -0.2) is 16.1 Å². The Morgan fingerprint density at radius 2 is 1.86 bits per heavy atom. The molecule has 110 valence electrons. The first-order valence-electron chi connectivity index (χ1n) is 5.93. The Kier molecular flexibility index (Phi) is 3.84. The molecule has 0 aliphatic carbocycles. The molecule has 0 aliphatic rings. The molecule has 0 atom stereocenters.